The monoisotopic (exact) mass is 240 g/mol. The standard InChI is InChI=1S/C18H24/c1-14-6-8-16(9-7-14)18-12-10-17(11-13-18)15-4-2-3-5-15/h6-9,12,15,17H,2-5,10-11,13H2,1H3. The molecular formula is C18H24. The van der Waals surface area contributed by atoms with Gasteiger partial charge in [-0.3, -0.25) is 0 Å². The Labute approximate surface area is 111 Å². The molecule has 0 bridgehead atoms. The number of hydrogen-bond donors (Lipinski definition) is 0. The van der Waals surface area contributed by atoms with Crippen LogP contribution in [0.25, 0.3) is 5.57 Å². The van der Waals surface area contributed by atoms with Gasteiger partial charge in [-0.15, -0.1) is 0 Å². The molecule has 0 saturated heterocycles. The highest BCUT2D eigenvalue weighted by Crippen LogP contribution is 2.40. The van der Waals surface area contributed by atoms with Crippen LogP contribution in [-0.4, -0.2) is 0 Å². The summed E-state index contributed by atoms with van der Waals surface area (Å²) in [4.78, 5) is 0. The highest BCUT2D eigenvalue weighted by Gasteiger charge is 2.26. The fourth-order valence-electron chi connectivity index (χ4n) is 3.74. The van der Waals surface area contributed by atoms with Crippen molar-refractivity contribution in [2.75, 3.05) is 0 Å². The molecule has 3 rings (SSSR count). The second kappa shape index (κ2) is 5.30. The predicted molar refractivity (Wildman–Crippen MR) is 78.5 cm³/mol. The molecule has 0 heterocycles. The molecule has 1 aromatic rings. The lowest BCUT2D eigenvalue weighted by Gasteiger charge is -2.27. The number of allylic oxidation sites excluding steroid dienone is 2. The van der Waals surface area contributed by atoms with E-state index < -0.39 is 0 Å². The third kappa shape index (κ3) is 2.53. The van der Waals surface area contributed by atoms with Crippen LogP contribution in [0.3, 0.4) is 0 Å². The highest BCUT2D eigenvalue weighted by molar-refractivity contribution is 5.66. The molecule has 0 radical (unpaired) electrons. The summed E-state index contributed by atoms with van der Waals surface area (Å²) in [6.07, 6.45) is 12.5. The maximum atomic E-state index is 2.52. The van der Waals surface area contributed by atoms with E-state index in [1.807, 2.05) is 0 Å². The number of benzene rings is 1. The largest absolute Gasteiger partial charge is 0.0804 e. The van der Waals surface area contributed by atoms with Crippen LogP contribution in [0.4, 0.5) is 0 Å². The zero-order valence-corrected chi connectivity index (χ0v) is 11.5. The second-order valence-corrected chi connectivity index (χ2v) is 6.17. The molecule has 1 saturated carbocycles. The van der Waals surface area contributed by atoms with E-state index >= 15 is 0 Å². The van der Waals surface area contributed by atoms with Gasteiger partial charge in [-0.05, 0) is 49.2 Å². The Morgan fingerprint density at radius 3 is 2.22 bits per heavy atom. The minimum atomic E-state index is 0.988. The van der Waals surface area contributed by atoms with Crippen molar-refractivity contribution in [2.45, 2.75) is 51.9 Å². The van der Waals surface area contributed by atoms with E-state index in [1.54, 1.807) is 5.57 Å². The molecule has 0 amide bonds. The van der Waals surface area contributed by atoms with E-state index in [1.165, 1.54) is 56.1 Å². The summed E-state index contributed by atoms with van der Waals surface area (Å²) >= 11 is 0. The van der Waals surface area contributed by atoms with E-state index in [2.05, 4.69) is 37.3 Å². The second-order valence-electron chi connectivity index (χ2n) is 6.17. The highest BCUT2D eigenvalue weighted by atomic mass is 14.3. The molecule has 1 unspecified atom stereocenters. The Balaban J connectivity index is 1.67. The summed E-state index contributed by atoms with van der Waals surface area (Å²) in [6.45, 7) is 2.16. The molecule has 2 aliphatic carbocycles. The first-order valence-corrected chi connectivity index (χ1v) is 7.59. The van der Waals surface area contributed by atoms with Crippen LogP contribution in [0.1, 0.15) is 56.1 Å². The normalized spacial score (nSPS) is 25.2. The molecule has 0 N–H and O–H groups in total. The van der Waals surface area contributed by atoms with Crippen molar-refractivity contribution >= 4 is 5.57 Å². The molecule has 0 heteroatoms. The van der Waals surface area contributed by atoms with Gasteiger partial charge in [0.1, 0.15) is 0 Å². The molecule has 0 spiro atoms. The summed E-state index contributed by atoms with van der Waals surface area (Å²) in [5, 5.41) is 0. The Hall–Kier alpha value is -1.04. The van der Waals surface area contributed by atoms with Gasteiger partial charge in [0, 0.05) is 0 Å². The molecule has 18 heavy (non-hydrogen) atoms. The van der Waals surface area contributed by atoms with Gasteiger partial charge in [0.25, 0.3) is 0 Å². The van der Waals surface area contributed by atoms with Gasteiger partial charge in [0.2, 0.25) is 0 Å². The Morgan fingerprint density at radius 2 is 1.61 bits per heavy atom. The zero-order valence-electron chi connectivity index (χ0n) is 11.5. The first kappa shape index (κ1) is 12.0. The summed E-state index contributed by atoms with van der Waals surface area (Å²) in [5.41, 5.74) is 4.40. The van der Waals surface area contributed by atoms with Gasteiger partial charge < -0.3 is 0 Å². The fourth-order valence-corrected chi connectivity index (χ4v) is 3.74. The molecule has 0 nitrogen and oxygen atoms in total. The number of hydrogen-bond acceptors (Lipinski definition) is 0. The third-order valence-corrected chi connectivity index (χ3v) is 4.94. The smallest absolute Gasteiger partial charge is 0.0228 e. The van der Waals surface area contributed by atoms with Crippen LogP contribution in [-0.2, 0) is 0 Å². The van der Waals surface area contributed by atoms with E-state index in [0.29, 0.717) is 0 Å². The van der Waals surface area contributed by atoms with Crippen LogP contribution < -0.4 is 0 Å². The van der Waals surface area contributed by atoms with Crippen LogP contribution in [0, 0.1) is 18.8 Å². The topological polar surface area (TPSA) is 0 Å². The minimum Gasteiger partial charge on any atom is -0.0804 e. The summed E-state index contributed by atoms with van der Waals surface area (Å²) < 4.78 is 0. The van der Waals surface area contributed by atoms with Crippen molar-refractivity contribution in [3.05, 3.63) is 41.5 Å². The average molecular weight is 240 g/mol. The molecule has 2 aliphatic rings. The SMILES string of the molecule is Cc1ccc(C2=CCC(C3CCCC3)CC2)cc1. The van der Waals surface area contributed by atoms with Gasteiger partial charge in [-0.1, -0.05) is 61.6 Å². The van der Waals surface area contributed by atoms with Crippen LogP contribution in [0.5, 0.6) is 0 Å². The number of aryl methyl sites for hydroxylation is 1. The summed E-state index contributed by atoms with van der Waals surface area (Å²) in [7, 11) is 0. The summed E-state index contributed by atoms with van der Waals surface area (Å²) in [6, 6.07) is 9.05. The third-order valence-electron chi connectivity index (χ3n) is 4.94. The predicted octanol–water partition coefficient (Wildman–Crippen LogP) is 5.37. The maximum absolute atomic E-state index is 2.52. The van der Waals surface area contributed by atoms with Crippen LogP contribution in [0.2, 0.25) is 0 Å². The number of rotatable bonds is 2. The van der Waals surface area contributed by atoms with Gasteiger partial charge in [-0.25, -0.2) is 0 Å². The molecule has 96 valence electrons. The molecule has 0 aliphatic heterocycles. The molecular weight excluding hydrogens is 216 g/mol. The average Bonchev–Trinajstić information content (AvgIpc) is 2.94. The molecule has 1 fully saturated rings. The van der Waals surface area contributed by atoms with Crippen molar-refractivity contribution in [1.82, 2.24) is 0 Å². The lowest BCUT2D eigenvalue weighted by atomic mass is 9.78. The van der Waals surface area contributed by atoms with Crippen molar-refractivity contribution in [3.63, 3.8) is 0 Å². The van der Waals surface area contributed by atoms with Gasteiger partial charge in [0.05, 0.1) is 0 Å². The Kier molecular flexibility index (Phi) is 3.54. The van der Waals surface area contributed by atoms with Gasteiger partial charge >= 0.3 is 0 Å². The van der Waals surface area contributed by atoms with Crippen molar-refractivity contribution in [3.8, 4) is 0 Å². The fraction of sp³-hybridized carbons (Fsp3) is 0.556. The first-order valence-electron chi connectivity index (χ1n) is 7.59. The Morgan fingerprint density at radius 1 is 0.889 bits per heavy atom. The Bertz CT molecular complexity index is 418. The van der Waals surface area contributed by atoms with Crippen molar-refractivity contribution in [2.24, 2.45) is 11.8 Å². The van der Waals surface area contributed by atoms with Gasteiger partial charge in [0.15, 0.2) is 0 Å². The molecule has 0 aromatic heterocycles. The van der Waals surface area contributed by atoms with E-state index in [9.17, 15) is 0 Å². The lowest BCUT2D eigenvalue weighted by molar-refractivity contribution is 0.318. The maximum Gasteiger partial charge on any atom is -0.0228 e. The lowest BCUT2D eigenvalue weighted by Crippen LogP contribution is -2.14. The van der Waals surface area contributed by atoms with E-state index in [-0.39, 0.29) is 0 Å². The minimum absolute atomic E-state index is 0.988. The zero-order chi connectivity index (χ0) is 12.4. The van der Waals surface area contributed by atoms with Crippen LogP contribution >= 0.6 is 0 Å². The van der Waals surface area contributed by atoms with E-state index in [4.69, 9.17) is 0 Å². The van der Waals surface area contributed by atoms with Crippen molar-refractivity contribution in [1.29, 1.82) is 0 Å². The van der Waals surface area contributed by atoms with Crippen molar-refractivity contribution < 1.29 is 0 Å². The van der Waals surface area contributed by atoms with E-state index in [0.717, 1.165) is 11.8 Å². The molecule has 1 atom stereocenters. The van der Waals surface area contributed by atoms with Crippen LogP contribution in [0.15, 0.2) is 30.3 Å². The summed E-state index contributed by atoms with van der Waals surface area (Å²) in [5.74, 6) is 2.03. The first-order chi connectivity index (χ1) is 8.83. The molecule has 1 aromatic carbocycles. The quantitative estimate of drug-likeness (QED) is 0.652. The van der Waals surface area contributed by atoms with Gasteiger partial charge in [-0.2, -0.15) is 0 Å².